The second-order valence-electron chi connectivity index (χ2n) is 13.8. The molecule has 2 aliphatic rings. The van der Waals surface area contributed by atoms with Crippen molar-refractivity contribution in [1.82, 2.24) is 0 Å². The Morgan fingerprint density at radius 3 is 1.84 bits per heavy atom. The third-order valence-electron chi connectivity index (χ3n) is 9.96. The van der Waals surface area contributed by atoms with Gasteiger partial charge in [-0.15, -0.1) is 11.3 Å². The maximum absolute atomic E-state index is 13.4. The molecule has 290 valence electrons. The monoisotopic (exact) mass is 766 g/mol. The average Bonchev–Trinajstić information content (AvgIpc) is 3.41. The highest BCUT2D eigenvalue weighted by Gasteiger charge is 2.22. The van der Waals surface area contributed by atoms with Crippen molar-refractivity contribution < 1.29 is 38.0 Å². The Morgan fingerprint density at radius 1 is 0.636 bits per heavy atom. The molecule has 4 aromatic rings. The number of hydrogen-bond donors (Lipinski definition) is 0. The van der Waals surface area contributed by atoms with E-state index in [0.29, 0.717) is 53.1 Å². The molecule has 3 aromatic carbocycles. The Morgan fingerprint density at radius 2 is 1.22 bits per heavy atom. The zero-order valence-corrected chi connectivity index (χ0v) is 33.0. The molecular weight excluding hydrogens is 717 g/mol. The standard InChI is InChI=1S/C44H50N2O8S/c1-49-35-15-17-36(18-16-35)53-27-34(47)24-32-9-5-7-11-37(45-32)31-14-20-41(43(23-31)52-4)54-26-29-21-44(55-28-29)39(48)25-33-10-6-8-12-38(46-33)30-13-19-40(50-2)42(22-30)51-3/h13-23,28,32-33H,5-12,24-27H2,1-4H3. The van der Waals surface area contributed by atoms with Gasteiger partial charge in [-0.1, -0.05) is 12.8 Å². The Hall–Kier alpha value is -5.16. The lowest BCUT2D eigenvalue weighted by Crippen LogP contribution is -2.18. The van der Waals surface area contributed by atoms with Crippen molar-refractivity contribution >= 4 is 34.3 Å². The molecule has 0 aliphatic carbocycles. The predicted octanol–water partition coefficient (Wildman–Crippen LogP) is 9.14. The van der Waals surface area contributed by atoms with E-state index in [4.69, 9.17) is 38.4 Å². The van der Waals surface area contributed by atoms with Crippen LogP contribution in [-0.2, 0) is 11.4 Å². The number of Topliss-reactive ketones (excluding diaryl/α,β-unsaturated/α-hetero) is 2. The Labute approximate surface area is 327 Å². The van der Waals surface area contributed by atoms with Gasteiger partial charge in [-0.25, -0.2) is 0 Å². The molecular formula is C44H50N2O8S. The molecule has 0 fully saturated rings. The van der Waals surface area contributed by atoms with Crippen LogP contribution >= 0.6 is 11.3 Å². The minimum absolute atomic E-state index is 0.00489. The molecule has 2 aliphatic heterocycles. The minimum Gasteiger partial charge on any atom is -0.497 e. The highest BCUT2D eigenvalue weighted by molar-refractivity contribution is 7.12. The lowest BCUT2D eigenvalue weighted by Gasteiger charge is -2.14. The topological polar surface area (TPSA) is 114 Å². The molecule has 2 unspecified atom stereocenters. The fourth-order valence-corrected chi connectivity index (χ4v) is 7.84. The number of ether oxygens (including phenoxy) is 6. The molecule has 55 heavy (non-hydrogen) atoms. The third kappa shape index (κ3) is 10.7. The summed E-state index contributed by atoms with van der Waals surface area (Å²) in [6.45, 7) is 0.305. The van der Waals surface area contributed by atoms with Crippen molar-refractivity contribution in [2.45, 2.75) is 82.9 Å². The maximum atomic E-state index is 13.4. The van der Waals surface area contributed by atoms with E-state index in [9.17, 15) is 9.59 Å². The van der Waals surface area contributed by atoms with Crippen molar-refractivity contribution in [1.29, 1.82) is 0 Å². The van der Waals surface area contributed by atoms with Crippen LogP contribution in [0.1, 0.15) is 90.6 Å². The number of methoxy groups -OCH3 is 4. The molecule has 10 nitrogen and oxygen atoms in total. The van der Waals surface area contributed by atoms with Crippen molar-refractivity contribution in [2.75, 3.05) is 35.0 Å². The molecule has 3 heterocycles. The Balaban J connectivity index is 1.04. The Bertz CT molecular complexity index is 1990. The van der Waals surface area contributed by atoms with Gasteiger partial charge in [0, 0.05) is 29.8 Å². The van der Waals surface area contributed by atoms with Crippen LogP contribution in [0.15, 0.2) is 82.1 Å². The van der Waals surface area contributed by atoms with E-state index in [1.54, 1.807) is 52.7 Å². The van der Waals surface area contributed by atoms with E-state index < -0.39 is 0 Å². The zero-order chi connectivity index (χ0) is 38.6. The van der Waals surface area contributed by atoms with E-state index in [-0.39, 0.29) is 30.3 Å². The summed E-state index contributed by atoms with van der Waals surface area (Å²) >= 11 is 1.44. The minimum atomic E-state index is -0.101. The average molecular weight is 767 g/mol. The molecule has 0 saturated carbocycles. The summed E-state index contributed by atoms with van der Waals surface area (Å²) in [5, 5.41) is 1.98. The lowest BCUT2D eigenvalue weighted by molar-refractivity contribution is -0.121. The van der Waals surface area contributed by atoms with E-state index >= 15 is 0 Å². The molecule has 6 rings (SSSR count). The number of benzene rings is 3. The van der Waals surface area contributed by atoms with E-state index in [1.807, 2.05) is 47.8 Å². The number of aliphatic imine (C=N–C) groups is 2. The molecule has 1 aromatic heterocycles. The molecule has 0 radical (unpaired) electrons. The number of carbonyl (C=O) groups is 2. The van der Waals surface area contributed by atoms with Crippen molar-refractivity contribution in [3.63, 3.8) is 0 Å². The number of hydrogen-bond acceptors (Lipinski definition) is 11. The van der Waals surface area contributed by atoms with Crippen molar-refractivity contribution in [3.8, 4) is 34.5 Å². The van der Waals surface area contributed by atoms with E-state index in [0.717, 1.165) is 85.2 Å². The maximum Gasteiger partial charge on any atom is 0.174 e. The molecule has 0 bridgehead atoms. The molecule has 11 heteroatoms. The van der Waals surface area contributed by atoms with Gasteiger partial charge >= 0.3 is 0 Å². The Kier molecular flexibility index (Phi) is 14.0. The first kappa shape index (κ1) is 39.5. The van der Waals surface area contributed by atoms with Crippen LogP contribution in [0.5, 0.6) is 34.5 Å². The van der Waals surface area contributed by atoms with Gasteiger partial charge < -0.3 is 28.4 Å². The second-order valence-corrected chi connectivity index (χ2v) is 14.7. The van der Waals surface area contributed by atoms with Gasteiger partial charge in [-0.05, 0) is 122 Å². The van der Waals surface area contributed by atoms with Gasteiger partial charge in [0.2, 0.25) is 0 Å². The third-order valence-corrected chi connectivity index (χ3v) is 11.0. The highest BCUT2D eigenvalue weighted by atomic mass is 32.1. The number of carbonyl (C=O) groups excluding carboxylic acids is 2. The van der Waals surface area contributed by atoms with Crippen LogP contribution < -0.4 is 28.4 Å². The van der Waals surface area contributed by atoms with Gasteiger partial charge in [-0.2, -0.15) is 0 Å². The smallest absolute Gasteiger partial charge is 0.174 e. The largest absolute Gasteiger partial charge is 0.497 e. The normalized spacial score (nSPS) is 17.2. The molecule has 2 atom stereocenters. The first-order chi connectivity index (χ1) is 26.8. The highest BCUT2D eigenvalue weighted by Crippen LogP contribution is 2.33. The van der Waals surface area contributed by atoms with Crippen LogP contribution in [0.4, 0.5) is 0 Å². The second kappa shape index (κ2) is 19.4. The molecule has 0 spiro atoms. The summed E-state index contributed by atoms with van der Waals surface area (Å²) in [5.74, 6) is 4.04. The van der Waals surface area contributed by atoms with Crippen molar-refractivity contribution in [2.24, 2.45) is 9.98 Å². The molecule has 0 N–H and O–H groups in total. The van der Waals surface area contributed by atoms with Crippen LogP contribution in [-0.4, -0.2) is 70.1 Å². The van der Waals surface area contributed by atoms with E-state index in [1.165, 1.54) is 11.3 Å². The van der Waals surface area contributed by atoms with Gasteiger partial charge in [0.25, 0.3) is 0 Å². The van der Waals surface area contributed by atoms with Crippen molar-refractivity contribution in [3.05, 3.63) is 93.7 Å². The van der Waals surface area contributed by atoms with Gasteiger partial charge in [0.05, 0.1) is 45.4 Å². The number of rotatable bonds is 17. The van der Waals surface area contributed by atoms with Crippen LogP contribution in [0.3, 0.4) is 0 Å². The van der Waals surface area contributed by atoms with Crippen LogP contribution in [0, 0.1) is 0 Å². The first-order valence-corrected chi connectivity index (χ1v) is 19.8. The summed E-state index contributed by atoms with van der Waals surface area (Å²) in [6.07, 6.45) is 8.18. The quantitative estimate of drug-likeness (QED) is 0.0979. The fraction of sp³-hybridized carbons (Fsp3) is 0.409. The number of nitrogens with zero attached hydrogens (tertiary/aromatic N) is 2. The lowest BCUT2D eigenvalue weighted by atomic mass is 10.0. The molecule has 0 amide bonds. The zero-order valence-electron chi connectivity index (χ0n) is 32.1. The first-order valence-electron chi connectivity index (χ1n) is 18.9. The summed E-state index contributed by atoms with van der Waals surface area (Å²) in [5.41, 5.74) is 4.85. The summed E-state index contributed by atoms with van der Waals surface area (Å²) in [7, 11) is 6.49. The fourth-order valence-electron chi connectivity index (χ4n) is 6.99. The number of thiophene rings is 1. The van der Waals surface area contributed by atoms with Crippen LogP contribution in [0.25, 0.3) is 0 Å². The van der Waals surface area contributed by atoms with E-state index in [2.05, 4.69) is 0 Å². The van der Waals surface area contributed by atoms with Gasteiger partial charge in [-0.3, -0.25) is 19.6 Å². The molecule has 0 saturated heterocycles. The summed E-state index contributed by atoms with van der Waals surface area (Å²) in [6, 6.07) is 20.7. The van der Waals surface area contributed by atoms with Gasteiger partial charge in [0.15, 0.2) is 34.6 Å². The SMILES string of the molecule is COc1ccc(OCC(=O)CC2CCCCC(c3ccc(OCc4csc(C(=O)CC5CCCCC(c6ccc(OC)c(OC)c6)=N5)c4)c(OC)c3)=N2)cc1. The van der Waals surface area contributed by atoms with Gasteiger partial charge in [0.1, 0.15) is 24.7 Å². The number of ketones is 2. The summed E-state index contributed by atoms with van der Waals surface area (Å²) in [4.78, 5) is 37.1. The predicted molar refractivity (Wildman–Crippen MR) is 216 cm³/mol. The summed E-state index contributed by atoms with van der Waals surface area (Å²) < 4.78 is 33.8. The van der Waals surface area contributed by atoms with Crippen LogP contribution in [0.2, 0.25) is 0 Å².